The number of hydrogen-bond acceptors (Lipinski definition) is 3. The zero-order valence-electron chi connectivity index (χ0n) is 12.4. The lowest BCUT2D eigenvalue weighted by Crippen LogP contribution is -2.13. The first kappa shape index (κ1) is 15.7. The monoisotopic (exact) mass is 329 g/mol. The Labute approximate surface area is 136 Å². The minimum atomic E-state index is -0.718. The van der Waals surface area contributed by atoms with Crippen LogP contribution in [0.1, 0.15) is 16.1 Å². The molecule has 0 aliphatic rings. The Morgan fingerprint density at radius 3 is 2.71 bits per heavy atom. The molecule has 3 aromatic rings. The van der Waals surface area contributed by atoms with Crippen LogP contribution >= 0.6 is 0 Å². The van der Waals surface area contributed by atoms with Gasteiger partial charge < -0.3 is 10.5 Å². The van der Waals surface area contributed by atoms with Crippen LogP contribution in [-0.2, 0) is 6.61 Å². The van der Waals surface area contributed by atoms with Crippen LogP contribution < -0.4 is 10.5 Å². The first-order valence-corrected chi connectivity index (χ1v) is 7.06. The van der Waals surface area contributed by atoms with Crippen molar-refractivity contribution in [1.82, 2.24) is 9.78 Å². The SMILES string of the molecule is NC(=O)c1ccccc1OCc1ccn(-c2ccc(F)cc2F)n1. The van der Waals surface area contributed by atoms with Crippen molar-refractivity contribution in [1.29, 1.82) is 0 Å². The number of hydrogen-bond donors (Lipinski definition) is 1. The molecule has 0 aliphatic heterocycles. The topological polar surface area (TPSA) is 70.1 Å². The largest absolute Gasteiger partial charge is 0.486 e. The van der Waals surface area contributed by atoms with Crippen molar-refractivity contribution in [2.24, 2.45) is 5.73 Å². The van der Waals surface area contributed by atoms with Gasteiger partial charge in [-0.15, -0.1) is 0 Å². The molecule has 122 valence electrons. The van der Waals surface area contributed by atoms with Crippen molar-refractivity contribution in [3.05, 3.63) is 77.6 Å². The molecule has 0 atom stereocenters. The summed E-state index contributed by atoms with van der Waals surface area (Å²) in [6.07, 6.45) is 1.54. The predicted octanol–water partition coefficient (Wildman–Crippen LogP) is 2.83. The molecule has 0 radical (unpaired) electrons. The summed E-state index contributed by atoms with van der Waals surface area (Å²) in [7, 11) is 0. The predicted molar refractivity (Wildman–Crippen MR) is 82.8 cm³/mol. The normalized spacial score (nSPS) is 10.6. The summed E-state index contributed by atoms with van der Waals surface area (Å²) in [6.45, 7) is 0.0696. The van der Waals surface area contributed by atoms with Gasteiger partial charge >= 0.3 is 0 Å². The Morgan fingerprint density at radius 2 is 1.96 bits per heavy atom. The molecular weight excluding hydrogens is 316 g/mol. The molecule has 0 fully saturated rings. The van der Waals surface area contributed by atoms with Crippen molar-refractivity contribution in [2.75, 3.05) is 0 Å². The van der Waals surface area contributed by atoms with Crippen molar-refractivity contribution in [3.63, 3.8) is 0 Å². The quantitative estimate of drug-likeness (QED) is 0.782. The number of ether oxygens (including phenoxy) is 1. The van der Waals surface area contributed by atoms with Crippen molar-refractivity contribution in [2.45, 2.75) is 6.61 Å². The van der Waals surface area contributed by atoms with Gasteiger partial charge in [0.1, 0.15) is 29.6 Å². The number of nitrogens with zero attached hydrogens (tertiary/aromatic N) is 2. The highest BCUT2D eigenvalue weighted by atomic mass is 19.1. The van der Waals surface area contributed by atoms with Crippen molar-refractivity contribution < 1.29 is 18.3 Å². The zero-order chi connectivity index (χ0) is 17.1. The molecule has 7 heteroatoms. The summed E-state index contributed by atoms with van der Waals surface area (Å²) in [5, 5.41) is 4.17. The Kier molecular flexibility index (Phi) is 4.24. The van der Waals surface area contributed by atoms with Gasteiger partial charge in [0.05, 0.1) is 5.56 Å². The van der Waals surface area contributed by atoms with Crippen LogP contribution in [0.3, 0.4) is 0 Å². The van der Waals surface area contributed by atoms with E-state index < -0.39 is 17.5 Å². The molecule has 0 unspecified atom stereocenters. The number of aromatic nitrogens is 2. The van der Waals surface area contributed by atoms with E-state index in [4.69, 9.17) is 10.5 Å². The molecule has 0 saturated carbocycles. The third-order valence-corrected chi connectivity index (χ3v) is 3.33. The molecule has 0 bridgehead atoms. The van der Waals surface area contributed by atoms with E-state index in [0.29, 0.717) is 11.4 Å². The third kappa shape index (κ3) is 3.24. The van der Waals surface area contributed by atoms with E-state index in [2.05, 4.69) is 5.10 Å². The Balaban J connectivity index is 1.77. The van der Waals surface area contributed by atoms with Crippen molar-refractivity contribution in [3.8, 4) is 11.4 Å². The molecule has 2 aromatic carbocycles. The number of nitrogens with two attached hydrogens (primary N) is 1. The fraction of sp³-hybridized carbons (Fsp3) is 0.0588. The van der Waals surface area contributed by atoms with Crippen LogP contribution in [0.25, 0.3) is 5.69 Å². The lowest BCUT2D eigenvalue weighted by atomic mass is 10.2. The van der Waals surface area contributed by atoms with Crippen LogP contribution in [0, 0.1) is 11.6 Å². The molecule has 0 saturated heterocycles. The maximum Gasteiger partial charge on any atom is 0.252 e. The van der Waals surface area contributed by atoms with E-state index in [1.165, 1.54) is 16.9 Å². The molecule has 3 rings (SSSR count). The standard InChI is InChI=1S/C17H13F2N3O2/c18-11-5-6-15(14(19)9-11)22-8-7-12(21-22)10-24-16-4-2-1-3-13(16)17(20)23/h1-9H,10H2,(H2,20,23). The first-order chi connectivity index (χ1) is 11.5. The summed E-state index contributed by atoms with van der Waals surface area (Å²) in [4.78, 5) is 11.3. The van der Waals surface area contributed by atoms with Gasteiger partial charge in [-0.05, 0) is 30.3 Å². The summed E-state index contributed by atoms with van der Waals surface area (Å²) in [6, 6.07) is 11.4. The van der Waals surface area contributed by atoms with Gasteiger partial charge in [-0.25, -0.2) is 13.5 Å². The number of amides is 1. The van der Waals surface area contributed by atoms with Gasteiger partial charge in [0.15, 0.2) is 5.82 Å². The number of para-hydroxylation sites is 1. The summed E-state index contributed by atoms with van der Waals surface area (Å²) >= 11 is 0. The highest BCUT2D eigenvalue weighted by Gasteiger charge is 2.11. The van der Waals surface area contributed by atoms with Crippen LogP contribution in [0.15, 0.2) is 54.7 Å². The number of primary amides is 1. The Hall–Kier alpha value is -3.22. The van der Waals surface area contributed by atoms with Gasteiger partial charge in [-0.3, -0.25) is 4.79 Å². The minimum Gasteiger partial charge on any atom is -0.486 e. The van der Waals surface area contributed by atoms with E-state index in [0.717, 1.165) is 12.1 Å². The van der Waals surface area contributed by atoms with Crippen molar-refractivity contribution >= 4 is 5.91 Å². The molecule has 1 aromatic heterocycles. The minimum absolute atomic E-state index is 0.0696. The van der Waals surface area contributed by atoms with E-state index in [1.54, 1.807) is 30.3 Å². The van der Waals surface area contributed by atoms with Crippen LogP contribution in [0.5, 0.6) is 5.75 Å². The average molecular weight is 329 g/mol. The molecule has 0 aliphatic carbocycles. The third-order valence-electron chi connectivity index (χ3n) is 3.33. The second kappa shape index (κ2) is 6.49. The second-order valence-corrected chi connectivity index (χ2v) is 5.00. The first-order valence-electron chi connectivity index (χ1n) is 7.06. The van der Waals surface area contributed by atoms with Crippen LogP contribution in [0.4, 0.5) is 8.78 Å². The van der Waals surface area contributed by atoms with Gasteiger partial charge in [-0.2, -0.15) is 5.10 Å². The second-order valence-electron chi connectivity index (χ2n) is 5.00. The molecule has 1 heterocycles. The van der Waals surface area contributed by atoms with E-state index in [9.17, 15) is 13.6 Å². The maximum absolute atomic E-state index is 13.8. The fourth-order valence-electron chi connectivity index (χ4n) is 2.19. The number of carbonyl (C=O) groups is 1. The maximum atomic E-state index is 13.8. The number of rotatable bonds is 5. The van der Waals surface area contributed by atoms with E-state index in [-0.39, 0.29) is 17.9 Å². The Bertz CT molecular complexity index is 893. The van der Waals surface area contributed by atoms with E-state index in [1.807, 2.05) is 0 Å². The van der Waals surface area contributed by atoms with Gasteiger partial charge in [0.2, 0.25) is 0 Å². The number of benzene rings is 2. The zero-order valence-corrected chi connectivity index (χ0v) is 12.4. The molecule has 24 heavy (non-hydrogen) atoms. The summed E-state index contributed by atoms with van der Waals surface area (Å²) < 4.78 is 33.5. The fourth-order valence-corrected chi connectivity index (χ4v) is 2.19. The molecule has 5 nitrogen and oxygen atoms in total. The smallest absolute Gasteiger partial charge is 0.252 e. The van der Waals surface area contributed by atoms with Gasteiger partial charge in [0, 0.05) is 12.3 Å². The molecule has 0 spiro atoms. The summed E-state index contributed by atoms with van der Waals surface area (Å²) in [5.74, 6) is -1.63. The van der Waals surface area contributed by atoms with Crippen LogP contribution in [-0.4, -0.2) is 15.7 Å². The lowest BCUT2D eigenvalue weighted by molar-refractivity contribution is 0.0996. The lowest BCUT2D eigenvalue weighted by Gasteiger charge is -2.08. The Morgan fingerprint density at radius 1 is 1.17 bits per heavy atom. The number of carbonyl (C=O) groups excluding carboxylic acids is 1. The van der Waals surface area contributed by atoms with Gasteiger partial charge in [-0.1, -0.05) is 12.1 Å². The highest BCUT2D eigenvalue weighted by Crippen LogP contribution is 2.19. The van der Waals surface area contributed by atoms with E-state index >= 15 is 0 Å². The molecule has 1 amide bonds. The molecular formula is C17H13F2N3O2. The summed E-state index contributed by atoms with van der Waals surface area (Å²) in [5.41, 5.74) is 6.18. The van der Waals surface area contributed by atoms with Gasteiger partial charge in [0.25, 0.3) is 5.91 Å². The highest BCUT2D eigenvalue weighted by molar-refractivity contribution is 5.95. The number of halogens is 2. The average Bonchev–Trinajstić information content (AvgIpc) is 3.01. The molecule has 2 N–H and O–H groups in total. The van der Waals surface area contributed by atoms with Crippen LogP contribution in [0.2, 0.25) is 0 Å².